The molecule has 0 radical (unpaired) electrons. The summed E-state index contributed by atoms with van der Waals surface area (Å²) < 4.78 is 23.1. The maximum atomic E-state index is 12.5. The molecule has 0 saturated heterocycles. The maximum absolute atomic E-state index is 12.5. The predicted molar refractivity (Wildman–Crippen MR) is 92.3 cm³/mol. The van der Waals surface area contributed by atoms with Crippen LogP contribution in [0, 0.1) is 5.92 Å². The summed E-state index contributed by atoms with van der Waals surface area (Å²) in [4.78, 5) is 0. The Hall–Kier alpha value is -0.190. The molecule has 22 heavy (non-hydrogen) atoms. The minimum absolute atomic E-state index is 0.194. The SMILES string of the molecule is C=C(C)[C@H]1CC[C@@](C)(N)[C@H](NCCP(=O)(OCC)OCC)C1. The first-order chi connectivity index (χ1) is 10.2. The van der Waals surface area contributed by atoms with Crippen LogP contribution in [0.25, 0.3) is 0 Å². The molecule has 0 unspecified atom stereocenters. The average molecular weight is 332 g/mol. The zero-order chi connectivity index (χ0) is 16.8. The molecular formula is C16H33N2O3P. The van der Waals surface area contributed by atoms with Crippen molar-refractivity contribution in [3.63, 3.8) is 0 Å². The van der Waals surface area contributed by atoms with Crippen LogP contribution in [0.2, 0.25) is 0 Å². The summed E-state index contributed by atoms with van der Waals surface area (Å²) >= 11 is 0. The first-order valence-corrected chi connectivity index (χ1v) is 10.0. The minimum atomic E-state index is -2.98. The van der Waals surface area contributed by atoms with Gasteiger partial charge in [0.2, 0.25) is 0 Å². The Kier molecular flexibility index (Phi) is 7.76. The lowest BCUT2D eigenvalue weighted by Gasteiger charge is -2.43. The van der Waals surface area contributed by atoms with Crippen molar-refractivity contribution < 1.29 is 13.6 Å². The van der Waals surface area contributed by atoms with Crippen molar-refractivity contribution >= 4 is 7.60 Å². The third-order valence-corrected chi connectivity index (χ3v) is 6.55. The standard InChI is InChI=1S/C16H33N2O3P/c1-6-20-22(19,21-7-2)11-10-18-15-12-14(13(3)4)8-9-16(15,5)17/h14-15,18H,3,6-12,17H2,1-2,4-5H3/t14-,15+,16+/m0/s1. The molecule has 0 heterocycles. The van der Waals surface area contributed by atoms with Crippen LogP contribution in [0.4, 0.5) is 0 Å². The summed E-state index contributed by atoms with van der Waals surface area (Å²) in [6.45, 7) is 13.3. The van der Waals surface area contributed by atoms with Gasteiger partial charge in [0.25, 0.3) is 0 Å². The number of rotatable bonds is 9. The highest BCUT2D eigenvalue weighted by molar-refractivity contribution is 7.53. The van der Waals surface area contributed by atoms with E-state index in [0.29, 0.717) is 31.8 Å². The molecule has 5 nitrogen and oxygen atoms in total. The van der Waals surface area contributed by atoms with Crippen LogP contribution in [0.5, 0.6) is 0 Å². The smallest absolute Gasteiger partial charge is 0.324 e. The molecule has 0 aromatic heterocycles. The van der Waals surface area contributed by atoms with E-state index >= 15 is 0 Å². The van der Waals surface area contributed by atoms with Crippen LogP contribution in [0.3, 0.4) is 0 Å². The second kappa shape index (κ2) is 8.60. The highest BCUT2D eigenvalue weighted by Gasteiger charge is 2.37. The van der Waals surface area contributed by atoms with Crippen molar-refractivity contribution in [2.75, 3.05) is 25.9 Å². The first-order valence-electron chi connectivity index (χ1n) is 8.30. The molecule has 6 heteroatoms. The molecule has 3 N–H and O–H groups in total. The molecule has 0 aliphatic heterocycles. The van der Waals surface area contributed by atoms with Crippen LogP contribution in [0.1, 0.15) is 47.0 Å². The van der Waals surface area contributed by atoms with Gasteiger partial charge in [-0.1, -0.05) is 12.2 Å². The van der Waals surface area contributed by atoms with E-state index in [0.717, 1.165) is 19.3 Å². The second-order valence-corrected chi connectivity index (χ2v) is 8.69. The van der Waals surface area contributed by atoms with Crippen molar-refractivity contribution in [2.45, 2.75) is 58.5 Å². The summed E-state index contributed by atoms with van der Waals surface area (Å²) in [5.41, 5.74) is 7.40. The molecule has 1 fully saturated rings. The van der Waals surface area contributed by atoms with Crippen molar-refractivity contribution in [3.05, 3.63) is 12.2 Å². The van der Waals surface area contributed by atoms with Crippen LogP contribution >= 0.6 is 7.60 Å². The molecule has 0 bridgehead atoms. The van der Waals surface area contributed by atoms with Gasteiger partial charge in [0.15, 0.2) is 0 Å². The van der Waals surface area contributed by atoms with E-state index in [1.54, 1.807) is 0 Å². The molecule has 1 saturated carbocycles. The van der Waals surface area contributed by atoms with Gasteiger partial charge in [-0.3, -0.25) is 4.57 Å². The summed E-state index contributed by atoms with van der Waals surface area (Å²) in [6, 6.07) is 0.194. The van der Waals surface area contributed by atoms with Gasteiger partial charge < -0.3 is 20.1 Å². The van der Waals surface area contributed by atoms with Gasteiger partial charge in [-0.25, -0.2) is 0 Å². The fourth-order valence-electron chi connectivity index (χ4n) is 3.03. The van der Waals surface area contributed by atoms with Crippen molar-refractivity contribution in [1.82, 2.24) is 5.32 Å². The zero-order valence-electron chi connectivity index (χ0n) is 14.6. The van der Waals surface area contributed by atoms with E-state index in [4.69, 9.17) is 14.8 Å². The van der Waals surface area contributed by atoms with Crippen LogP contribution in [0.15, 0.2) is 12.2 Å². The molecule has 0 aromatic rings. The fraction of sp³-hybridized carbons (Fsp3) is 0.875. The lowest BCUT2D eigenvalue weighted by atomic mass is 9.72. The molecule has 1 rings (SSSR count). The monoisotopic (exact) mass is 332 g/mol. The Bertz CT molecular complexity index is 402. The molecule has 0 aromatic carbocycles. The van der Waals surface area contributed by atoms with Gasteiger partial charge in [0.1, 0.15) is 0 Å². The largest absolute Gasteiger partial charge is 0.331 e. The second-order valence-electron chi connectivity index (χ2n) is 6.50. The van der Waals surface area contributed by atoms with Gasteiger partial charge in [-0.2, -0.15) is 0 Å². The highest BCUT2D eigenvalue weighted by atomic mass is 31.2. The van der Waals surface area contributed by atoms with Gasteiger partial charge in [-0.05, 0) is 52.9 Å². The van der Waals surface area contributed by atoms with Crippen LogP contribution in [-0.4, -0.2) is 37.5 Å². The molecule has 0 spiro atoms. The molecule has 1 aliphatic rings. The Morgan fingerprint density at radius 1 is 1.41 bits per heavy atom. The number of allylic oxidation sites excluding steroid dienone is 1. The van der Waals surface area contributed by atoms with Crippen LogP contribution in [-0.2, 0) is 13.6 Å². The Balaban J connectivity index is 2.56. The quantitative estimate of drug-likeness (QED) is 0.500. The predicted octanol–water partition coefficient (Wildman–Crippen LogP) is 3.30. The van der Waals surface area contributed by atoms with Gasteiger partial charge >= 0.3 is 7.60 Å². The molecule has 3 atom stereocenters. The van der Waals surface area contributed by atoms with E-state index in [-0.39, 0.29) is 11.6 Å². The Morgan fingerprint density at radius 3 is 2.50 bits per heavy atom. The topological polar surface area (TPSA) is 73.6 Å². The zero-order valence-corrected chi connectivity index (χ0v) is 15.5. The number of nitrogens with two attached hydrogens (primary N) is 1. The number of nitrogens with one attached hydrogen (secondary N) is 1. The summed E-state index contributed by atoms with van der Waals surface area (Å²) in [6.07, 6.45) is 3.42. The van der Waals surface area contributed by atoms with E-state index in [2.05, 4.69) is 25.7 Å². The third-order valence-electron chi connectivity index (χ3n) is 4.47. The molecule has 0 amide bonds. The lowest BCUT2D eigenvalue weighted by Crippen LogP contribution is -2.58. The number of hydrogen-bond donors (Lipinski definition) is 2. The maximum Gasteiger partial charge on any atom is 0.331 e. The van der Waals surface area contributed by atoms with Crippen molar-refractivity contribution in [2.24, 2.45) is 11.7 Å². The fourth-order valence-corrected chi connectivity index (χ4v) is 4.55. The van der Waals surface area contributed by atoms with Gasteiger partial charge in [-0.15, -0.1) is 0 Å². The molecule has 130 valence electrons. The molecular weight excluding hydrogens is 299 g/mol. The summed E-state index contributed by atoms with van der Waals surface area (Å²) in [5.74, 6) is 0.514. The first kappa shape index (κ1) is 19.9. The van der Waals surface area contributed by atoms with Gasteiger partial charge in [0.05, 0.1) is 19.4 Å². The highest BCUT2D eigenvalue weighted by Crippen LogP contribution is 2.47. The van der Waals surface area contributed by atoms with E-state index in [1.165, 1.54) is 5.57 Å². The van der Waals surface area contributed by atoms with E-state index < -0.39 is 7.60 Å². The minimum Gasteiger partial charge on any atom is -0.324 e. The van der Waals surface area contributed by atoms with Gasteiger partial charge in [0, 0.05) is 18.1 Å². The summed E-state index contributed by atoms with van der Waals surface area (Å²) in [7, 11) is -2.98. The number of hydrogen-bond acceptors (Lipinski definition) is 5. The lowest BCUT2D eigenvalue weighted by molar-refractivity contribution is 0.197. The van der Waals surface area contributed by atoms with E-state index in [1.807, 2.05) is 13.8 Å². The normalized spacial score (nSPS) is 29.5. The summed E-state index contributed by atoms with van der Waals surface area (Å²) in [5, 5.41) is 3.47. The van der Waals surface area contributed by atoms with Crippen molar-refractivity contribution in [1.29, 1.82) is 0 Å². The van der Waals surface area contributed by atoms with Crippen molar-refractivity contribution in [3.8, 4) is 0 Å². The third kappa shape index (κ3) is 5.78. The van der Waals surface area contributed by atoms with Crippen LogP contribution < -0.4 is 11.1 Å². The molecule has 1 aliphatic carbocycles. The Labute approximate surface area is 135 Å². The Morgan fingerprint density at radius 2 is 2.00 bits per heavy atom. The van der Waals surface area contributed by atoms with E-state index in [9.17, 15) is 4.57 Å². The average Bonchev–Trinajstić information content (AvgIpc) is 2.40.